The van der Waals surface area contributed by atoms with Gasteiger partial charge in [-0.1, -0.05) is 141 Å². The number of phenolic OH excluding ortho intramolecular Hbond substituents is 1. The second kappa shape index (κ2) is 26.6. The van der Waals surface area contributed by atoms with Crippen molar-refractivity contribution in [2.75, 3.05) is 14.2 Å². The second-order valence-electron chi connectivity index (χ2n) is 11.6. The molecule has 0 fully saturated rings. The minimum Gasteiger partial charge on any atom is -0.504 e. The molecule has 39 heavy (non-hydrogen) atoms. The van der Waals surface area contributed by atoms with Crippen LogP contribution in [0.2, 0.25) is 0 Å². The standard InChI is InChI=1S/C36H64O3/c1-4-5-6-7-8-9-10-11-12-13-14-15-16-17-18-19-20-21-22-23-24-25-26-27-28-29-30-33-31-34(38-2)32-35(39-3)36(33)37/h11-12,31-32,37H,4-10,13-30H2,1-3H3. The van der Waals surface area contributed by atoms with Gasteiger partial charge >= 0.3 is 0 Å². The first-order valence-corrected chi connectivity index (χ1v) is 16.8. The Morgan fingerprint density at radius 3 is 1.36 bits per heavy atom. The minimum atomic E-state index is 0.260. The van der Waals surface area contributed by atoms with Gasteiger partial charge < -0.3 is 14.6 Å². The lowest BCUT2D eigenvalue weighted by molar-refractivity contribution is 0.360. The summed E-state index contributed by atoms with van der Waals surface area (Å²) < 4.78 is 10.6. The fourth-order valence-electron chi connectivity index (χ4n) is 5.43. The van der Waals surface area contributed by atoms with E-state index >= 15 is 0 Å². The first kappa shape index (κ1) is 35.4. The summed E-state index contributed by atoms with van der Waals surface area (Å²) >= 11 is 0. The van der Waals surface area contributed by atoms with Crippen LogP contribution in [0.4, 0.5) is 0 Å². The highest BCUT2D eigenvalue weighted by Crippen LogP contribution is 2.35. The third kappa shape index (κ3) is 20.0. The van der Waals surface area contributed by atoms with Gasteiger partial charge in [-0.2, -0.15) is 0 Å². The fraction of sp³-hybridized carbons (Fsp3) is 0.778. The highest BCUT2D eigenvalue weighted by Gasteiger charge is 2.10. The maximum atomic E-state index is 10.3. The number of benzene rings is 1. The van der Waals surface area contributed by atoms with Crippen molar-refractivity contribution >= 4 is 0 Å². The minimum absolute atomic E-state index is 0.260. The number of aromatic hydroxyl groups is 1. The molecule has 0 saturated heterocycles. The Balaban J connectivity index is 1.80. The summed E-state index contributed by atoms with van der Waals surface area (Å²) in [5.74, 6) is 1.50. The molecule has 1 aromatic carbocycles. The molecule has 0 aliphatic rings. The average Bonchev–Trinajstić information content (AvgIpc) is 2.95. The van der Waals surface area contributed by atoms with Crippen LogP contribution in [0.1, 0.15) is 167 Å². The van der Waals surface area contributed by atoms with Crippen LogP contribution in [0.25, 0.3) is 0 Å². The Bertz CT molecular complexity index is 697. The van der Waals surface area contributed by atoms with Crippen molar-refractivity contribution in [3.8, 4) is 17.2 Å². The van der Waals surface area contributed by atoms with E-state index < -0.39 is 0 Å². The van der Waals surface area contributed by atoms with Gasteiger partial charge in [0, 0.05) is 11.6 Å². The molecule has 0 spiro atoms. The molecule has 226 valence electrons. The zero-order chi connectivity index (χ0) is 28.2. The van der Waals surface area contributed by atoms with Gasteiger partial charge in [-0.25, -0.2) is 0 Å². The summed E-state index contributed by atoms with van der Waals surface area (Å²) in [6.45, 7) is 2.29. The van der Waals surface area contributed by atoms with Gasteiger partial charge in [-0.15, -0.1) is 0 Å². The zero-order valence-electron chi connectivity index (χ0n) is 26.3. The van der Waals surface area contributed by atoms with Crippen molar-refractivity contribution in [2.45, 2.75) is 167 Å². The first-order chi connectivity index (χ1) is 19.2. The molecule has 1 N–H and O–H groups in total. The lowest BCUT2D eigenvalue weighted by Gasteiger charge is -2.11. The number of methoxy groups -OCH3 is 2. The van der Waals surface area contributed by atoms with E-state index in [1.54, 1.807) is 20.3 Å². The Morgan fingerprint density at radius 2 is 0.949 bits per heavy atom. The predicted octanol–water partition coefficient (Wildman–Crippen LogP) is 11.9. The highest BCUT2D eigenvalue weighted by atomic mass is 16.5. The molecule has 0 atom stereocenters. The van der Waals surface area contributed by atoms with Crippen LogP contribution in [0.15, 0.2) is 24.3 Å². The van der Waals surface area contributed by atoms with Crippen molar-refractivity contribution in [3.05, 3.63) is 29.8 Å². The molecule has 0 amide bonds. The second-order valence-corrected chi connectivity index (χ2v) is 11.6. The van der Waals surface area contributed by atoms with E-state index in [0.29, 0.717) is 5.75 Å². The number of ether oxygens (including phenoxy) is 2. The number of allylic oxidation sites excluding steroid dienone is 2. The third-order valence-electron chi connectivity index (χ3n) is 8.04. The van der Waals surface area contributed by atoms with E-state index in [4.69, 9.17) is 9.47 Å². The molecule has 3 nitrogen and oxygen atoms in total. The maximum absolute atomic E-state index is 10.3. The van der Waals surface area contributed by atoms with E-state index in [-0.39, 0.29) is 5.75 Å². The van der Waals surface area contributed by atoms with E-state index in [9.17, 15) is 5.11 Å². The molecule has 0 bridgehead atoms. The summed E-state index contributed by atoms with van der Waals surface area (Å²) in [5, 5.41) is 10.3. The largest absolute Gasteiger partial charge is 0.504 e. The quantitative estimate of drug-likeness (QED) is 0.0842. The van der Waals surface area contributed by atoms with E-state index in [1.807, 2.05) is 6.07 Å². The number of rotatable bonds is 28. The van der Waals surface area contributed by atoms with Gasteiger partial charge in [0.25, 0.3) is 0 Å². The summed E-state index contributed by atoms with van der Waals surface area (Å²) in [6, 6.07) is 3.66. The zero-order valence-corrected chi connectivity index (χ0v) is 26.3. The van der Waals surface area contributed by atoms with Gasteiger partial charge in [0.05, 0.1) is 14.2 Å². The SMILES string of the molecule is CCCCCCCCC=CCCCCCCCCCCCCCCCCCCc1cc(OC)cc(OC)c1O. The number of unbranched alkanes of at least 4 members (excludes halogenated alkanes) is 22. The molecular formula is C36H64O3. The van der Waals surface area contributed by atoms with Crippen LogP contribution in [-0.2, 0) is 6.42 Å². The van der Waals surface area contributed by atoms with Gasteiger partial charge in [0.15, 0.2) is 11.5 Å². The summed E-state index contributed by atoms with van der Waals surface area (Å²) in [6.07, 6.45) is 38.7. The summed E-state index contributed by atoms with van der Waals surface area (Å²) in [4.78, 5) is 0. The molecule has 0 radical (unpaired) electrons. The molecule has 0 aromatic heterocycles. The molecular weight excluding hydrogens is 480 g/mol. The van der Waals surface area contributed by atoms with Gasteiger partial charge in [-0.05, 0) is 44.6 Å². The van der Waals surface area contributed by atoms with Gasteiger partial charge in [0.1, 0.15) is 5.75 Å². The van der Waals surface area contributed by atoms with E-state index in [1.165, 1.54) is 148 Å². The van der Waals surface area contributed by atoms with Crippen LogP contribution in [0.3, 0.4) is 0 Å². The third-order valence-corrected chi connectivity index (χ3v) is 8.04. The van der Waals surface area contributed by atoms with E-state index in [2.05, 4.69) is 19.1 Å². The van der Waals surface area contributed by atoms with Crippen molar-refractivity contribution < 1.29 is 14.6 Å². The lowest BCUT2D eigenvalue weighted by Crippen LogP contribution is -1.94. The Labute approximate surface area is 243 Å². The number of aryl methyl sites for hydroxylation is 1. The van der Waals surface area contributed by atoms with Crippen molar-refractivity contribution in [2.24, 2.45) is 0 Å². The van der Waals surface area contributed by atoms with Crippen molar-refractivity contribution in [1.82, 2.24) is 0 Å². The van der Waals surface area contributed by atoms with Crippen LogP contribution in [-0.4, -0.2) is 19.3 Å². The molecule has 0 saturated carbocycles. The molecule has 3 heteroatoms. The Morgan fingerprint density at radius 1 is 0.538 bits per heavy atom. The summed E-state index contributed by atoms with van der Waals surface area (Å²) in [5.41, 5.74) is 0.924. The number of hydrogen-bond donors (Lipinski definition) is 1. The van der Waals surface area contributed by atoms with Gasteiger partial charge in [0.2, 0.25) is 0 Å². The number of hydrogen-bond acceptors (Lipinski definition) is 3. The van der Waals surface area contributed by atoms with Crippen LogP contribution in [0, 0.1) is 0 Å². The maximum Gasteiger partial charge on any atom is 0.164 e. The average molecular weight is 545 g/mol. The lowest BCUT2D eigenvalue weighted by atomic mass is 10.0. The molecule has 0 aliphatic carbocycles. The fourth-order valence-corrected chi connectivity index (χ4v) is 5.43. The Hall–Kier alpha value is -1.64. The normalized spacial score (nSPS) is 11.5. The van der Waals surface area contributed by atoms with E-state index in [0.717, 1.165) is 24.2 Å². The topological polar surface area (TPSA) is 38.7 Å². The molecule has 0 heterocycles. The summed E-state index contributed by atoms with van der Waals surface area (Å²) in [7, 11) is 3.23. The smallest absolute Gasteiger partial charge is 0.164 e. The first-order valence-electron chi connectivity index (χ1n) is 16.8. The highest BCUT2D eigenvalue weighted by molar-refractivity contribution is 5.50. The molecule has 1 aromatic rings. The van der Waals surface area contributed by atoms with Crippen molar-refractivity contribution in [1.29, 1.82) is 0 Å². The van der Waals surface area contributed by atoms with Crippen LogP contribution >= 0.6 is 0 Å². The molecule has 0 aliphatic heterocycles. The van der Waals surface area contributed by atoms with Crippen LogP contribution in [0.5, 0.6) is 17.2 Å². The van der Waals surface area contributed by atoms with Gasteiger partial charge in [-0.3, -0.25) is 0 Å². The molecule has 1 rings (SSSR count). The predicted molar refractivity (Wildman–Crippen MR) is 171 cm³/mol. The molecule has 0 unspecified atom stereocenters. The number of phenols is 1. The monoisotopic (exact) mass is 544 g/mol. The van der Waals surface area contributed by atoms with Crippen LogP contribution < -0.4 is 9.47 Å². The Kier molecular flexibility index (Phi) is 24.1. The van der Waals surface area contributed by atoms with Crippen molar-refractivity contribution in [3.63, 3.8) is 0 Å².